The van der Waals surface area contributed by atoms with Crippen molar-refractivity contribution in [2.75, 3.05) is 6.54 Å². The van der Waals surface area contributed by atoms with Gasteiger partial charge in [0.05, 0.1) is 0 Å². The summed E-state index contributed by atoms with van der Waals surface area (Å²) in [5.74, 6) is 1.32. The maximum absolute atomic E-state index is 9.90. The Morgan fingerprint density at radius 1 is 1.83 bits per heavy atom. The van der Waals surface area contributed by atoms with Gasteiger partial charge in [-0.25, -0.2) is 9.54 Å². The molecule has 1 atom stereocenters. The van der Waals surface area contributed by atoms with Crippen LogP contribution >= 0.6 is 17.0 Å². The van der Waals surface area contributed by atoms with Crippen LogP contribution in [-0.2, 0) is 9.59 Å². The van der Waals surface area contributed by atoms with Gasteiger partial charge in [-0.2, -0.15) is 0 Å². The van der Waals surface area contributed by atoms with Gasteiger partial charge in [-0.15, -0.1) is 0 Å². The molecule has 0 aliphatic heterocycles. The van der Waals surface area contributed by atoms with Crippen molar-refractivity contribution in [2.45, 2.75) is 13.3 Å². The van der Waals surface area contributed by atoms with Crippen LogP contribution in [-0.4, -0.2) is 18.4 Å². The van der Waals surface area contributed by atoms with Crippen molar-refractivity contribution in [3.63, 3.8) is 0 Å². The van der Waals surface area contributed by atoms with Crippen LogP contribution in [0.4, 0.5) is 0 Å². The molecule has 0 saturated carbocycles. The number of hydrogen-bond donors (Lipinski definition) is 2. The van der Waals surface area contributed by atoms with Gasteiger partial charge in [0.1, 0.15) is 5.94 Å². The Morgan fingerprint density at radius 2 is 2.42 bits per heavy atom. The van der Waals surface area contributed by atoms with Crippen molar-refractivity contribution in [1.82, 2.24) is 0 Å². The maximum atomic E-state index is 9.90. The molecular formula is C6H13N2O2P2+. The summed E-state index contributed by atoms with van der Waals surface area (Å²) < 4.78 is 2.71. The molecule has 1 unspecified atom stereocenters. The minimum Gasteiger partial charge on any atom is -0.364 e. The fourth-order valence-corrected chi connectivity index (χ4v) is 0.728. The Labute approximate surface area is 75.6 Å². The first-order chi connectivity index (χ1) is 5.68. The number of carbonyl (C=O) groups is 1. The van der Waals surface area contributed by atoms with Crippen LogP contribution in [0, 0.1) is 0 Å². The van der Waals surface area contributed by atoms with E-state index in [0.29, 0.717) is 0 Å². The molecule has 0 aromatic rings. The monoisotopic (exact) mass is 207 g/mol. The molecule has 0 rings (SSSR count). The molecule has 12 heavy (non-hydrogen) atoms. The summed E-state index contributed by atoms with van der Waals surface area (Å²) in [5.41, 5.74) is 4.76. The molecule has 0 aliphatic carbocycles. The summed E-state index contributed by atoms with van der Waals surface area (Å²) in [6.07, 6.45) is 2.24. The molecule has 3 N–H and O–H groups in total. The lowest BCUT2D eigenvalue weighted by Crippen LogP contribution is -2.66. The fourth-order valence-electron chi connectivity index (χ4n) is 0.207. The van der Waals surface area contributed by atoms with E-state index < -0.39 is 0 Å². The molecule has 0 spiro atoms. The van der Waals surface area contributed by atoms with E-state index in [4.69, 9.17) is 5.73 Å². The second-order valence-corrected chi connectivity index (χ2v) is 3.01. The van der Waals surface area contributed by atoms with E-state index >= 15 is 0 Å². The molecular weight excluding hydrogens is 194 g/mol. The predicted molar refractivity (Wildman–Crippen MR) is 52.2 cm³/mol. The normalized spacial score (nSPS) is 8.17. The highest BCUT2D eigenvalue weighted by molar-refractivity contribution is 7.95. The molecule has 0 aromatic heterocycles. The van der Waals surface area contributed by atoms with Crippen molar-refractivity contribution in [2.24, 2.45) is 5.73 Å². The van der Waals surface area contributed by atoms with Gasteiger partial charge in [-0.05, 0) is 21.4 Å². The largest absolute Gasteiger partial charge is 0.364 e. The second-order valence-electron chi connectivity index (χ2n) is 1.66. The third kappa shape index (κ3) is 22.7. The van der Waals surface area contributed by atoms with E-state index in [9.17, 15) is 9.59 Å². The molecule has 0 bridgehead atoms. The molecule has 0 aromatic carbocycles. The van der Waals surface area contributed by atoms with E-state index in [1.165, 1.54) is 6.08 Å². The molecule has 0 aliphatic rings. The summed E-state index contributed by atoms with van der Waals surface area (Å²) in [6, 6.07) is 0. The highest BCUT2D eigenvalue weighted by atomic mass is 32.0. The van der Waals surface area contributed by atoms with Crippen molar-refractivity contribution < 1.29 is 14.3 Å². The number of allylic oxidation sites excluding steroid dienone is 1. The van der Waals surface area contributed by atoms with Crippen LogP contribution in [0.15, 0.2) is 6.08 Å². The molecule has 0 saturated heterocycles. The SMILES string of the molecule is CCC=C=O.NC(=O)C[NH+]=PP. The summed E-state index contributed by atoms with van der Waals surface area (Å²) >= 11 is 0. The number of primary amides is 1. The number of rotatable bonds is 3. The summed E-state index contributed by atoms with van der Waals surface area (Å²) in [5, 5.41) is 0. The third-order valence-electron chi connectivity index (χ3n) is 0.632. The van der Waals surface area contributed by atoms with Crippen LogP contribution in [0.25, 0.3) is 0 Å². The molecule has 68 valence electrons. The first-order valence-electron chi connectivity index (χ1n) is 3.29. The van der Waals surface area contributed by atoms with Gasteiger partial charge in [0.25, 0.3) is 5.91 Å². The number of amides is 1. The molecule has 6 heteroatoms. The Kier molecular flexibility index (Phi) is 15.2. The third-order valence-corrected chi connectivity index (χ3v) is 1.52. The number of nitrogens with one attached hydrogen (secondary N) is 1. The number of nitrogens with two attached hydrogens (primary N) is 1. The summed E-state index contributed by atoms with van der Waals surface area (Å²) in [4.78, 5) is 19.1. The van der Waals surface area contributed by atoms with Gasteiger partial charge in [0.2, 0.25) is 14.6 Å². The van der Waals surface area contributed by atoms with Crippen LogP contribution < -0.4 is 10.5 Å². The fraction of sp³-hybridized carbons (Fsp3) is 0.500. The average Bonchev–Trinajstić information content (AvgIpc) is 2.03. The number of hydrogen-bond acceptors (Lipinski definition) is 2. The minimum absolute atomic E-state index is 0.255. The first-order valence-corrected chi connectivity index (χ1v) is 5.80. The zero-order chi connectivity index (χ0) is 9.82. The zero-order valence-electron chi connectivity index (χ0n) is 6.91. The van der Waals surface area contributed by atoms with Gasteiger partial charge in [-0.1, -0.05) is 6.92 Å². The van der Waals surface area contributed by atoms with Crippen molar-refractivity contribution in [3.8, 4) is 0 Å². The summed E-state index contributed by atoms with van der Waals surface area (Å²) in [7, 11) is 3.30. The first kappa shape index (κ1) is 14.0. The Hall–Kier alpha value is -0.550. The highest BCUT2D eigenvalue weighted by Gasteiger charge is 1.89. The summed E-state index contributed by atoms with van der Waals surface area (Å²) in [6.45, 7) is 2.15. The van der Waals surface area contributed by atoms with Crippen LogP contribution in [0.1, 0.15) is 13.3 Å². The molecule has 0 fully saturated rings. The van der Waals surface area contributed by atoms with E-state index in [-0.39, 0.29) is 12.5 Å². The van der Waals surface area contributed by atoms with Gasteiger partial charge < -0.3 is 5.73 Å². The van der Waals surface area contributed by atoms with Crippen molar-refractivity contribution in [3.05, 3.63) is 6.08 Å². The van der Waals surface area contributed by atoms with Gasteiger partial charge >= 0.3 is 0 Å². The van der Waals surface area contributed by atoms with Gasteiger partial charge in [0.15, 0.2) is 0 Å². The number of carbonyl (C=O) groups excluding carboxylic acids is 2. The lowest BCUT2D eigenvalue weighted by molar-refractivity contribution is -0.414. The lowest BCUT2D eigenvalue weighted by Gasteiger charge is -1.73. The predicted octanol–water partition coefficient (Wildman–Crippen LogP) is -0.744. The maximum Gasteiger partial charge on any atom is 0.282 e. The molecule has 0 heterocycles. The molecule has 1 amide bonds. The van der Waals surface area contributed by atoms with Crippen LogP contribution in [0.5, 0.6) is 0 Å². The minimum atomic E-state index is -0.324. The van der Waals surface area contributed by atoms with Crippen LogP contribution in [0.2, 0.25) is 0 Å². The smallest absolute Gasteiger partial charge is 0.282 e. The average molecular weight is 207 g/mol. The Balaban J connectivity index is 0. The van der Waals surface area contributed by atoms with Crippen LogP contribution in [0.3, 0.4) is 0 Å². The van der Waals surface area contributed by atoms with E-state index in [1.54, 1.807) is 5.94 Å². The van der Waals surface area contributed by atoms with E-state index in [2.05, 4.69) is 13.7 Å². The Bertz CT molecular complexity index is 188. The van der Waals surface area contributed by atoms with Gasteiger partial charge in [-0.3, -0.25) is 4.79 Å². The molecule has 4 nitrogen and oxygen atoms in total. The quantitative estimate of drug-likeness (QED) is 0.472. The van der Waals surface area contributed by atoms with E-state index in [0.717, 1.165) is 14.5 Å². The van der Waals surface area contributed by atoms with Crippen molar-refractivity contribution in [1.29, 1.82) is 0 Å². The zero-order valence-corrected chi connectivity index (χ0v) is 8.96. The second kappa shape index (κ2) is 13.1. The lowest BCUT2D eigenvalue weighted by atomic mass is 10.5. The Morgan fingerprint density at radius 3 is 2.50 bits per heavy atom. The highest BCUT2D eigenvalue weighted by Crippen LogP contribution is 1.94. The standard InChI is InChI=1S/C4H6O.C2H6N2OP2/c1-2-3-4-5;3-2(5)1-4-7-6/h3H,2H2,1H3;1,6H2,(H2,3,5)/p+1. The topological polar surface area (TPSA) is 74.1 Å². The van der Waals surface area contributed by atoms with Gasteiger partial charge in [0, 0.05) is 0 Å². The van der Waals surface area contributed by atoms with Crippen molar-refractivity contribution >= 4 is 28.8 Å². The van der Waals surface area contributed by atoms with E-state index in [1.807, 2.05) is 6.92 Å². The molecule has 0 radical (unpaired) electrons.